The largest absolute Gasteiger partial charge is 0.481 e. The third-order valence-electron chi connectivity index (χ3n) is 3.17. The van der Waals surface area contributed by atoms with Crippen molar-refractivity contribution in [1.82, 2.24) is 10.2 Å². The maximum absolute atomic E-state index is 12.2. The fraction of sp³-hybridized carbons (Fsp3) is 0.118. The molecule has 1 N–H and O–H groups in total. The van der Waals surface area contributed by atoms with E-state index in [9.17, 15) is 4.79 Å². The molecule has 122 valence electrons. The van der Waals surface area contributed by atoms with E-state index in [2.05, 4.69) is 31.4 Å². The van der Waals surface area contributed by atoms with Crippen molar-refractivity contribution in [3.8, 4) is 16.3 Å². The van der Waals surface area contributed by atoms with Crippen LogP contribution in [0.4, 0.5) is 5.13 Å². The highest BCUT2D eigenvalue weighted by Gasteiger charge is 2.17. The first-order chi connectivity index (χ1) is 11.6. The van der Waals surface area contributed by atoms with Crippen molar-refractivity contribution in [3.63, 3.8) is 0 Å². The second kappa shape index (κ2) is 7.55. The predicted molar refractivity (Wildman–Crippen MR) is 98.2 cm³/mol. The molecule has 3 aromatic rings. The standard InChI is InChI=1S/C17H14BrN3O2S/c1-11(23-14-9-7-13(18)8-10-14)15(22)19-17-21-20-16(24-17)12-5-3-2-4-6-12/h2-11H,1H3,(H,19,21,22). The monoisotopic (exact) mass is 403 g/mol. The minimum Gasteiger partial charge on any atom is -0.481 e. The molecular formula is C17H14BrN3O2S. The van der Waals surface area contributed by atoms with Crippen LogP contribution in [0.2, 0.25) is 0 Å². The second-order valence-electron chi connectivity index (χ2n) is 4.98. The van der Waals surface area contributed by atoms with Gasteiger partial charge < -0.3 is 4.74 Å². The molecule has 1 atom stereocenters. The maximum atomic E-state index is 12.2. The normalized spacial score (nSPS) is 11.8. The highest BCUT2D eigenvalue weighted by atomic mass is 79.9. The molecular weight excluding hydrogens is 390 g/mol. The summed E-state index contributed by atoms with van der Waals surface area (Å²) in [5.74, 6) is 0.358. The lowest BCUT2D eigenvalue weighted by atomic mass is 10.2. The predicted octanol–water partition coefficient (Wildman–Crippen LogP) is 4.37. The molecule has 1 unspecified atom stereocenters. The van der Waals surface area contributed by atoms with Gasteiger partial charge >= 0.3 is 0 Å². The average Bonchev–Trinajstić information content (AvgIpc) is 3.06. The number of carbonyl (C=O) groups excluding carboxylic acids is 1. The van der Waals surface area contributed by atoms with Gasteiger partial charge in [0.25, 0.3) is 5.91 Å². The molecule has 0 aliphatic carbocycles. The number of amides is 1. The van der Waals surface area contributed by atoms with Gasteiger partial charge in [-0.3, -0.25) is 10.1 Å². The van der Waals surface area contributed by atoms with E-state index in [0.29, 0.717) is 10.9 Å². The molecule has 0 fully saturated rings. The van der Waals surface area contributed by atoms with Crippen molar-refractivity contribution >= 4 is 38.3 Å². The van der Waals surface area contributed by atoms with Gasteiger partial charge in [-0.25, -0.2) is 0 Å². The maximum Gasteiger partial charge on any atom is 0.266 e. The Balaban J connectivity index is 1.62. The van der Waals surface area contributed by atoms with E-state index in [4.69, 9.17) is 4.74 Å². The van der Waals surface area contributed by atoms with Gasteiger partial charge in [-0.05, 0) is 31.2 Å². The van der Waals surface area contributed by atoms with E-state index < -0.39 is 6.10 Å². The zero-order valence-corrected chi connectivity index (χ0v) is 15.2. The average molecular weight is 404 g/mol. The van der Waals surface area contributed by atoms with E-state index in [1.54, 1.807) is 19.1 Å². The van der Waals surface area contributed by atoms with E-state index in [-0.39, 0.29) is 5.91 Å². The zero-order chi connectivity index (χ0) is 16.9. The van der Waals surface area contributed by atoms with Crippen molar-refractivity contribution in [1.29, 1.82) is 0 Å². The van der Waals surface area contributed by atoms with Gasteiger partial charge in [-0.2, -0.15) is 0 Å². The molecule has 0 bridgehead atoms. The van der Waals surface area contributed by atoms with Crippen LogP contribution in [0.1, 0.15) is 6.92 Å². The molecule has 0 radical (unpaired) electrons. The molecule has 0 aliphatic rings. The summed E-state index contributed by atoms with van der Waals surface area (Å²) in [6.07, 6.45) is -0.643. The Morgan fingerprint density at radius 2 is 1.83 bits per heavy atom. The molecule has 3 rings (SSSR count). The highest BCUT2D eigenvalue weighted by molar-refractivity contribution is 9.10. The summed E-state index contributed by atoms with van der Waals surface area (Å²) in [5.41, 5.74) is 0.967. The molecule has 2 aromatic carbocycles. The number of nitrogens with one attached hydrogen (secondary N) is 1. The summed E-state index contributed by atoms with van der Waals surface area (Å²) in [7, 11) is 0. The third-order valence-corrected chi connectivity index (χ3v) is 4.59. The smallest absolute Gasteiger partial charge is 0.266 e. The Morgan fingerprint density at radius 3 is 2.54 bits per heavy atom. The molecule has 1 amide bonds. The van der Waals surface area contributed by atoms with E-state index >= 15 is 0 Å². The quantitative estimate of drug-likeness (QED) is 0.686. The molecule has 24 heavy (non-hydrogen) atoms. The summed E-state index contributed by atoms with van der Waals surface area (Å²) in [6.45, 7) is 1.69. The highest BCUT2D eigenvalue weighted by Crippen LogP contribution is 2.26. The minimum absolute atomic E-state index is 0.270. The summed E-state index contributed by atoms with van der Waals surface area (Å²) in [6, 6.07) is 17.0. The number of ether oxygens (including phenoxy) is 1. The SMILES string of the molecule is CC(Oc1ccc(Br)cc1)C(=O)Nc1nnc(-c2ccccc2)s1. The number of aromatic nitrogens is 2. The van der Waals surface area contributed by atoms with Crippen molar-refractivity contribution in [2.75, 3.05) is 5.32 Å². The van der Waals surface area contributed by atoms with Crippen molar-refractivity contribution < 1.29 is 9.53 Å². The molecule has 0 saturated carbocycles. The molecule has 0 saturated heterocycles. The Hall–Kier alpha value is -2.25. The molecule has 0 aliphatic heterocycles. The van der Waals surface area contributed by atoms with Crippen LogP contribution in [0.5, 0.6) is 5.75 Å². The summed E-state index contributed by atoms with van der Waals surface area (Å²) in [5, 5.41) is 12.0. The molecule has 0 spiro atoms. The lowest BCUT2D eigenvalue weighted by Gasteiger charge is -2.13. The van der Waals surface area contributed by atoms with Gasteiger partial charge in [0.15, 0.2) is 6.10 Å². The Labute approximate surface area is 151 Å². The van der Waals surface area contributed by atoms with Gasteiger partial charge in [0, 0.05) is 10.0 Å². The van der Waals surface area contributed by atoms with Gasteiger partial charge in [-0.15, -0.1) is 10.2 Å². The number of carbonyl (C=O) groups is 1. The molecule has 5 nitrogen and oxygen atoms in total. The number of hydrogen-bond acceptors (Lipinski definition) is 5. The fourth-order valence-corrected chi connectivity index (χ4v) is 2.97. The zero-order valence-electron chi connectivity index (χ0n) is 12.8. The van der Waals surface area contributed by atoms with Crippen LogP contribution in [0.25, 0.3) is 10.6 Å². The number of rotatable bonds is 5. The van der Waals surface area contributed by atoms with Crippen molar-refractivity contribution in [2.45, 2.75) is 13.0 Å². The van der Waals surface area contributed by atoms with Gasteiger partial charge in [-0.1, -0.05) is 57.6 Å². The summed E-state index contributed by atoms with van der Waals surface area (Å²) in [4.78, 5) is 12.2. The van der Waals surface area contributed by atoms with Crippen LogP contribution in [-0.4, -0.2) is 22.2 Å². The fourth-order valence-electron chi connectivity index (χ4n) is 1.95. The van der Waals surface area contributed by atoms with Crippen LogP contribution >= 0.6 is 27.3 Å². The Morgan fingerprint density at radius 1 is 1.12 bits per heavy atom. The van der Waals surface area contributed by atoms with Gasteiger partial charge in [0.1, 0.15) is 10.8 Å². The molecule has 7 heteroatoms. The first-order valence-electron chi connectivity index (χ1n) is 7.24. The summed E-state index contributed by atoms with van der Waals surface area (Å²) < 4.78 is 6.57. The number of halogens is 1. The Bertz CT molecular complexity index is 821. The number of anilines is 1. The van der Waals surface area contributed by atoms with E-state index in [1.165, 1.54) is 11.3 Å². The summed E-state index contributed by atoms with van der Waals surface area (Å²) >= 11 is 4.68. The first-order valence-corrected chi connectivity index (χ1v) is 8.85. The van der Waals surface area contributed by atoms with Crippen molar-refractivity contribution in [3.05, 3.63) is 59.1 Å². The van der Waals surface area contributed by atoms with Crippen LogP contribution in [0.15, 0.2) is 59.1 Å². The Kier molecular flexibility index (Phi) is 5.22. The lowest BCUT2D eigenvalue weighted by Crippen LogP contribution is -2.30. The minimum atomic E-state index is -0.643. The topological polar surface area (TPSA) is 64.1 Å². The van der Waals surface area contributed by atoms with E-state index in [0.717, 1.165) is 15.0 Å². The number of hydrogen-bond donors (Lipinski definition) is 1. The van der Waals surface area contributed by atoms with Gasteiger partial charge in [0.2, 0.25) is 5.13 Å². The number of nitrogens with zero attached hydrogens (tertiary/aromatic N) is 2. The van der Waals surface area contributed by atoms with Crippen LogP contribution in [0, 0.1) is 0 Å². The van der Waals surface area contributed by atoms with Crippen LogP contribution in [-0.2, 0) is 4.79 Å². The second-order valence-corrected chi connectivity index (χ2v) is 6.87. The van der Waals surface area contributed by atoms with Crippen molar-refractivity contribution in [2.24, 2.45) is 0 Å². The lowest BCUT2D eigenvalue weighted by molar-refractivity contribution is -0.122. The molecule has 1 heterocycles. The molecule has 1 aromatic heterocycles. The van der Waals surface area contributed by atoms with Crippen LogP contribution in [0.3, 0.4) is 0 Å². The number of benzene rings is 2. The van der Waals surface area contributed by atoms with Crippen LogP contribution < -0.4 is 10.1 Å². The van der Waals surface area contributed by atoms with Gasteiger partial charge in [0.05, 0.1) is 0 Å². The third kappa shape index (κ3) is 4.18. The first kappa shape index (κ1) is 16.6. The van der Waals surface area contributed by atoms with E-state index in [1.807, 2.05) is 42.5 Å².